The summed E-state index contributed by atoms with van der Waals surface area (Å²) >= 11 is 1.41. The number of aryl methyl sites for hydroxylation is 2. The monoisotopic (exact) mass is 416 g/mol. The molecule has 0 atom stereocenters. The fourth-order valence-corrected chi connectivity index (χ4v) is 3.94. The summed E-state index contributed by atoms with van der Waals surface area (Å²) < 4.78 is 0. The number of nitrogens with one attached hydrogen (secondary N) is 2. The van der Waals surface area contributed by atoms with Crippen molar-refractivity contribution in [3.63, 3.8) is 0 Å². The molecule has 2 heterocycles. The van der Waals surface area contributed by atoms with Gasteiger partial charge in [-0.15, -0.1) is 0 Å². The van der Waals surface area contributed by atoms with E-state index in [0.29, 0.717) is 10.9 Å². The van der Waals surface area contributed by atoms with E-state index in [4.69, 9.17) is 9.82 Å². The highest BCUT2D eigenvalue weighted by molar-refractivity contribution is 7.19. The van der Waals surface area contributed by atoms with E-state index in [1.807, 2.05) is 62.4 Å². The molecule has 0 unspecified atom stereocenters. The number of amides is 2. The molecular formula is C23H20N4O2S. The molecule has 2 N–H and O–H groups in total. The van der Waals surface area contributed by atoms with Crippen LogP contribution in [0.4, 0.5) is 9.93 Å². The van der Waals surface area contributed by atoms with Crippen LogP contribution in [-0.4, -0.2) is 16.0 Å². The first-order valence-electron chi connectivity index (χ1n) is 9.38. The van der Waals surface area contributed by atoms with Crippen LogP contribution in [0.25, 0.3) is 21.7 Å². The number of para-hydroxylation sites is 1. The molecular weight excluding hydrogens is 396 g/mol. The number of carbonyl (C=O) groups is 1. The summed E-state index contributed by atoms with van der Waals surface area (Å²) in [5.41, 5.74) is 7.25. The summed E-state index contributed by atoms with van der Waals surface area (Å²) in [5, 5.41) is 3.24. The van der Waals surface area contributed by atoms with Crippen LogP contribution < -0.4 is 15.6 Å². The standard InChI is InChI=1S/C23H20N4O2S/c1-15-7-6-8-17(13-15)20-21(18-11-12-24-16(2)14-18)30-23(25-20)26-22(28)27-29-19-9-4-3-5-10-19/h3-14H,1-2H3,(H2,25,26,27,28). The Labute approximate surface area is 178 Å². The summed E-state index contributed by atoms with van der Waals surface area (Å²) in [4.78, 5) is 27.5. The molecule has 0 radical (unpaired) electrons. The van der Waals surface area contributed by atoms with Gasteiger partial charge < -0.3 is 4.84 Å². The Morgan fingerprint density at radius 2 is 1.80 bits per heavy atom. The van der Waals surface area contributed by atoms with E-state index >= 15 is 0 Å². The lowest BCUT2D eigenvalue weighted by atomic mass is 10.1. The van der Waals surface area contributed by atoms with E-state index < -0.39 is 6.03 Å². The Bertz CT molecular complexity index is 1110. The van der Waals surface area contributed by atoms with Crippen molar-refractivity contribution in [2.45, 2.75) is 13.8 Å². The lowest BCUT2D eigenvalue weighted by Crippen LogP contribution is -2.31. The fraction of sp³-hybridized carbons (Fsp3) is 0.0870. The average Bonchev–Trinajstić information content (AvgIpc) is 3.17. The second-order valence-corrected chi connectivity index (χ2v) is 7.72. The van der Waals surface area contributed by atoms with Gasteiger partial charge in [0.1, 0.15) is 0 Å². The quantitative estimate of drug-likeness (QED) is 0.415. The molecule has 0 aliphatic heterocycles. The topological polar surface area (TPSA) is 76.1 Å². The van der Waals surface area contributed by atoms with Crippen molar-refractivity contribution in [1.29, 1.82) is 0 Å². The molecule has 4 rings (SSSR count). The number of carbonyl (C=O) groups excluding carboxylic acids is 1. The Kier molecular flexibility index (Phi) is 5.72. The molecule has 4 aromatic rings. The number of hydrogen-bond donors (Lipinski definition) is 2. The maximum atomic E-state index is 12.3. The highest BCUT2D eigenvalue weighted by atomic mass is 32.1. The van der Waals surface area contributed by atoms with Crippen molar-refractivity contribution in [2.24, 2.45) is 0 Å². The second-order valence-electron chi connectivity index (χ2n) is 6.72. The van der Waals surface area contributed by atoms with Crippen LogP contribution in [0, 0.1) is 13.8 Å². The first kappa shape index (κ1) is 19.6. The Balaban J connectivity index is 1.61. The fourth-order valence-electron chi connectivity index (χ4n) is 2.96. The normalized spacial score (nSPS) is 10.5. The lowest BCUT2D eigenvalue weighted by molar-refractivity contribution is 0.189. The zero-order valence-corrected chi connectivity index (χ0v) is 17.4. The van der Waals surface area contributed by atoms with E-state index in [1.54, 1.807) is 18.3 Å². The summed E-state index contributed by atoms with van der Waals surface area (Å²) in [6.45, 7) is 3.99. The summed E-state index contributed by atoms with van der Waals surface area (Å²) in [6.07, 6.45) is 1.78. The SMILES string of the molecule is Cc1cccc(-c2nc(NC(=O)NOc3ccccc3)sc2-c2ccnc(C)c2)c1. The number of rotatable bonds is 5. The smallest absolute Gasteiger partial charge is 0.354 e. The van der Waals surface area contributed by atoms with Gasteiger partial charge in [0.15, 0.2) is 10.9 Å². The molecule has 7 heteroatoms. The molecule has 0 fully saturated rings. The summed E-state index contributed by atoms with van der Waals surface area (Å²) in [7, 11) is 0. The number of anilines is 1. The highest BCUT2D eigenvalue weighted by Gasteiger charge is 2.17. The maximum Gasteiger partial charge on any atom is 0.354 e. The maximum absolute atomic E-state index is 12.3. The van der Waals surface area contributed by atoms with E-state index in [-0.39, 0.29) is 0 Å². The molecule has 0 saturated heterocycles. The van der Waals surface area contributed by atoms with E-state index in [2.05, 4.69) is 21.8 Å². The van der Waals surface area contributed by atoms with Gasteiger partial charge in [-0.2, -0.15) is 5.48 Å². The number of pyridine rings is 1. The zero-order chi connectivity index (χ0) is 20.9. The molecule has 150 valence electrons. The minimum absolute atomic E-state index is 0.477. The molecule has 2 amide bonds. The summed E-state index contributed by atoms with van der Waals surface area (Å²) in [5.74, 6) is 0.542. The van der Waals surface area contributed by atoms with Crippen molar-refractivity contribution < 1.29 is 9.63 Å². The number of thiazole rings is 1. The van der Waals surface area contributed by atoms with Crippen LogP contribution >= 0.6 is 11.3 Å². The molecule has 0 aliphatic carbocycles. The second kappa shape index (κ2) is 8.75. The third-order valence-corrected chi connectivity index (χ3v) is 5.32. The molecule has 0 bridgehead atoms. The number of hydrogen-bond acceptors (Lipinski definition) is 5. The zero-order valence-electron chi connectivity index (χ0n) is 16.5. The van der Waals surface area contributed by atoms with Crippen molar-refractivity contribution in [1.82, 2.24) is 15.4 Å². The Hall–Kier alpha value is -3.71. The van der Waals surface area contributed by atoms with Gasteiger partial charge in [-0.05, 0) is 49.7 Å². The minimum Gasteiger partial charge on any atom is -0.378 e. The van der Waals surface area contributed by atoms with E-state index in [0.717, 1.165) is 33.0 Å². The van der Waals surface area contributed by atoms with Gasteiger partial charge in [-0.1, -0.05) is 53.3 Å². The number of hydroxylamine groups is 1. The van der Waals surface area contributed by atoms with Crippen LogP contribution in [0.2, 0.25) is 0 Å². The van der Waals surface area contributed by atoms with Gasteiger partial charge in [-0.25, -0.2) is 9.78 Å². The van der Waals surface area contributed by atoms with Gasteiger partial charge >= 0.3 is 6.03 Å². The third-order valence-electron chi connectivity index (χ3n) is 4.30. The largest absolute Gasteiger partial charge is 0.378 e. The molecule has 2 aromatic carbocycles. The first-order valence-corrected chi connectivity index (χ1v) is 10.2. The van der Waals surface area contributed by atoms with Crippen molar-refractivity contribution in [3.8, 4) is 27.4 Å². The number of urea groups is 1. The molecule has 2 aromatic heterocycles. The molecule has 30 heavy (non-hydrogen) atoms. The van der Waals surface area contributed by atoms with Crippen LogP contribution in [0.5, 0.6) is 5.75 Å². The number of benzene rings is 2. The van der Waals surface area contributed by atoms with Gasteiger partial charge in [0.05, 0.1) is 10.6 Å². The Morgan fingerprint density at radius 3 is 2.57 bits per heavy atom. The van der Waals surface area contributed by atoms with Crippen molar-refractivity contribution >= 4 is 22.5 Å². The summed E-state index contributed by atoms with van der Waals surface area (Å²) in [6, 6.07) is 20.6. The predicted octanol–water partition coefficient (Wildman–Crippen LogP) is 5.60. The first-order chi connectivity index (χ1) is 14.6. The predicted molar refractivity (Wildman–Crippen MR) is 119 cm³/mol. The van der Waals surface area contributed by atoms with Crippen molar-refractivity contribution in [2.75, 3.05) is 5.32 Å². The Morgan fingerprint density at radius 1 is 0.967 bits per heavy atom. The van der Waals surface area contributed by atoms with Crippen molar-refractivity contribution in [3.05, 3.63) is 84.2 Å². The molecule has 0 aliphatic rings. The lowest BCUT2D eigenvalue weighted by Gasteiger charge is -2.06. The van der Waals surface area contributed by atoms with Gasteiger partial charge in [0, 0.05) is 17.5 Å². The van der Waals surface area contributed by atoms with Gasteiger partial charge in [-0.3, -0.25) is 10.3 Å². The van der Waals surface area contributed by atoms with Gasteiger partial charge in [0.25, 0.3) is 0 Å². The molecule has 6 nitrogen and oxygen atoms in total. The van der Waals surface area contributed by atoms with Crippen LogP contribution in [-0.2, 0) is 0 Å². The average molecular weight is 417 g/mol. The van der Waals surface area contributed by atoms with Gasteiger partial charge in [0.2, 0.25) is 0 Å². The third kappa shape index (κ3) is 4.64. The van der Waals surface area contributed by atoms with E-state index in [1.165, 1.54) is 11.3 Å². The van der Waals surface area contributed by atoms with Crippen LogP contribution in [0.15, 0.2) is 72.9 Å². The van der Waals surface area contributed by atoms with E-state index in [9.17, 15) is 4.79 Å². The number of nitrogens with zero attached hydrogens (tertiary/aromatic N) is 2. The molecule has 0 saturated carbocycles. The minimum atomic E-state index is -0.499. The molecule has 0 spiro atoms. The van der Waals surface area contributed by atoms with Crippen LogP contribution in [0.3, 0.4) is 0 Å². The number of aromatic nitrogens is 2. The van der Waals surface area contributed by atoms with Crippen LogP contribution in [0.1, 0.15) is 11.3 Å². The highest BCUT2D eigenvalue weighted by Crippen LogP contribution is 2.39.